The molecule has 0 nitrogen and oxygen atoms in total. The van der Waals surface area contributed by atoms with E-state index in [0.29, 0.717) is 5.88 Å². The fraction of sp³-hybridized carbons (Fsp3) is 0.467. The summed E-state index contributed by atoms with van der Waals surface area (Å²) in [5.41, 5.74) is 3.81. The van der Waals surface area contributed by atoms with Crippen LogP contribution in [0.4, 0.5) is 0 Å². The molecule has 0 unspecified atom stereocenters. The van der Waals surface area contributed by atoms with Crippen molar-refractivity contribution in [2.24, 2.45) is 0 Å². The van der Waals surface area contributed by atoms with Crippen LogP contribution in [0, 0.1) is 0 Å². The van der Waals surface area contributed by atoms with Gasteiger partial charge < -0.3 is 0 Å². The smallest absolute Gasteiger partial charge is 0.0430 e. The van der Waals surface area contributed by atoms with E-state index in [2.05, 4.69) is 39.2 Å². The normalized spacial score (nSPS) is 12.7. The lowest BCUT2D eigenvalue weighted by Gasteiger charge is -2.00. The topological polar surface area (TPSA) is 0 Å². The van der Waals surface area contributed by atoms with E-state index in [9.17, 15) is 0 Å². The first-order valence-corrected chi connectivity index (χ1v) is 6.31. The standard InChI is InChI=1S/C15H23Cl/c1-5-13(2)8-6-9-14(3)10-7-11-15(4)12-16/h5,9,11H,1-2,6-8,10,12H2,3-4H3. The Morgan fingerprint density at radius 2 is 1.62 bits per heavy atom. The zero-order valence-corrected chi connectivity index (χ0v) is 11.3. The summed E-state index contributed by atoms with van der Waals surface area (Å²) in [6, 6.07) is 0. The van der Waals surface area contributed by atoms with Crippen LogP contribution in [0.15, 0.2) is 48.1 Å². The quantitative estimate of drug-likeness (QED) is 0.301. The highest BCUT2D eigenvalue weighted by molar-refractivity contribution is 6.19. The van der Waals surface area contributed by atoms with Crippen LogP contribution in [0.5, 0.6) is 0 Å². The molecule has 0 N–H and O–H groups in total. The molecule has 0 aromatic heterocycles. The van der Waals surface area contributed by atoms with Gasteiger partial charge in [0.1, 0.15) is 0 Å². The summed E-state index contributed by atoms with van der Waals surface area (Å²) in [6.45, 7) is 11.8. The van der Waals surface area contributed by atoms with Crippen molar-refractivity contribution in [3.05, 3.63) is 48.1 Å². The largest absolute Gasteiger partial charge is 0.122 e. The molecule has 0 radical (unpaired) electrons. The van der Waals surface area contributed by atoms with Gasteiger partial charge in [-0.25, -0.2) is 0 Å². The second-order valence-corrected chi connectivity index (χ2v) is 4.44. The minimum atomic E-state index is 0.641. The van der Waals surface area contributed by atoms with Crippen LogP contribution in [-0.4, -0.2) is 5.88 Å². The van der Waals surface area contributed by atoms with Crippen molar-refractivity contribution in [2.45, 2.75) is 39.5 Å². The van der Waals surface area contributed by atoms with Gasteiger partial charge in [-0.05, 0) is 39.5 Å². The summed E-state index contributed by atoms with van der Waals surface area (Å²) < 4.78 is 0. The fourth-order valence-corrected chi connectivity index (χ4v) is 1.42. The van der Waals surface area contributed by atoms with E-state index < -0.39 is 0 Å². The average Bonchev–Trinajstić information content (AvgIpc) is 2.28. The molecule has 0 amide bonds. The van der Waals surface area contributed by atoms with Crippen LogP contribution < -0.4 is 0 Å². The van der Waals surface area contributed by atoms with Crippen molar-refractivity contribution in [3.63, 3.8) is 0 Å². The summed E-state index contributed by atoms with van der Waals surface area (Å²) >= 11 is 5.70. The van der Waals surface area contributed by atoms with Gasteiger partial charge in [0.05, 0.1) is 0 Å². The first kappa shape index (κ1) is 15.2. The van der Waals surface area contributed by atoms with Gasteiger partial charge in [0.25, 0.3) is 0 Å². The van der Waals surface area contributed by atoms with Crippen molar-refractivity contribution < 1.29 is 0 Å². The van der Waals surface area contributed by atoms with E-state index in [1.165, 1.54) is 11.1 Å². The molecule has 0 aromatic rings. The number of halogens is 1. The van der Waals surface area contributed by atoms with Gasteiger partial charge in [-0.3, -0.25) is 0 Å². The Hall–Kier alpha value is -0.750. The number of hydrogen-bond acceptors (Lipinski definition) is 0. The Balaban J connectivity index is 3.79. The van der Waals surface area contributed by atoms with Crippen molar-refractivity contribution in [3.8, 4) is 0 Å². The zero-order chi connectivity index (χ0) is 12.4. The molecule has 0 saturated heterocycles. The van der Waals surface area contributed by atoms with Gasteiger partial charge in [0.15, 0.2) is 0 Å². The second kappa shape index (κ2) is 9.47. The maximum atomic E-state index is 5.70. The summed E-state index contributed by atoms with van der Waals surface area (Å²) in [7, 11) is 0. The van der Waals surface area contributed by atoms with Crippen LogP contribution in [0.25, 0.3) is 0 Å². The monoisotopic (exact) mass is 238 g/mol. The SMILES string of the molecule is C=CC(=C)CCC=C(C)CCC=C(C)CCl. The first-order valence-electron chi connectivity index (χ1n) is 5.77. The Bertz CT molecular complexity index is 282. The summed E-state index contributed by atoms with van der Waals surface area (Å²) in [5, 5.41) is 0. The van der Waals surface area contributed by atoms with Gasteiger partial charge in [0.2, 0.25) is 0 Å². The molecule has 16 heavy (non-hydrogen) atoms. The van der Waals surface area contributed by atoms with E-state index in [4.69, 9.17) is 11.6 Å². The van der Waals surface area contributed by atoms with Crippen molar-refractivity contribution in [1.82, 2.24) is 0 Å². The molecule has 90 valence electrons. The molecule has 1 heteroatoms. The highest BCUT2D eigenvalue weighted by Crippen LogP contribution is 2.11. The summed E-state index contributed by atoms with van der Waals surface area (Å²) in [5.74, 6) is 0.641. The minimum Gasteiger partial charge on any atom is -0.122 e. The van der Waals surface area contributed by atoms with Gasteiger partial charge in [0, 0.05) is 5.88 Å². The fourth-order valence-electron chi connectivity index (χ4n) is 1.31. The Morgan fingerprint density at radius 1 is 1.06 bits per heavy atom. The van der Waals surface area contributed by atoms with Crippen LogP contribution >= 0.6 is 11.6 Å². The predicted molar refractivity (Wildman–Crippen MR) is 76.0 cm³/mol. The lowest BCUT2D eigenvalue weighted by atomic mass is 10.1. The van der Waals surface area contributed by atoms with Gasteiger partial charge in [-0.2, -0.15) is 0 Å². The molecule has 0 aromatic carbocycles. The molecule has 0 aliphatic carbocycles. The third-order valence-electron chi connectivity index (χ3n) is 2.49. The molecular formula is C15H23Cl. The maximum absolute atomic E-state index is 5.70. The highest BCUT2D eigenvalue weighted by Gasteiger charge is 1.91. The van der Waals surface area contributed by atoms with Crippen LogP contribution in [0.3, 0.4) is 0 Å². The lowest BCUT2D eigenvalue weighted by Crippen LogP contribution is -1.81. The van der Waals surface area contributed by atoms with E-state index in [-0.39, 0.29) is 0 Å². The number of rotatable bonds is 8. The minimum absolute atomic E-state index is 0.641. The molecule has 0 atom stereocenters. The first-order chi connectivity index (χ1) is 7.60. The lowest BCUT2D eigenvalue weighted by molar-refractivity contribution is 0.929. The molecule has 0 spiro atoms. The van der Waals surface area contributed by atoms with E-state index in [0.717, 1.165) is 31.3 Å². The molecular weight excluding hydrogens is 216 g/mol. The summed E-state index contributed by atoms with van der Waals surface area (Å²) in [6.07, 6.45) is 10.6. The van der Waals surface area contributed by atoms with Gasteiger partial charge in [-0.15, -0.1) is 11.6 Å². The van der Waals surface area contributed by atoms with Crippen molar-refractivity contribution >= 4 is 11.6 Å². The predicted octanol–water partition coefficient (Wildman–Crippen LogP) is 5.42. The zero-order valence-electron chi connectivity index (χ0n) is 10.6. The van der Waals surface area contributed by atoms with Crippen molar-refractivity contribution in [2.75, 3.05) is 5.88 Å². The van der Waals surface area contributed by atoms with Gasteiger partial charge in [-0.1, -0.05) is 48.1 Å². The van der Waals surface area contributed by atoms with Crippen LogP contribution in [0.2, 0.25) is 0 Å². The molecule has 0 rings (SSSR count). The van der Waals surface area contributed by atoms with E-state index >= 15 is 0 Å². The van der Waals surface area contributed by atoms with E-state index in [1.54, 1.807) is 0 Å². The maximum Gasteiger partial charge on any atom is 0.0430 e. The molecule has 0 heterocycles. The highest BCUT2D eigenvalue weighted by atomic mass is 35.5. The third kappa shape index (κ3) is 8.55. The molecule has 0 saturated carbocycles. The Morgan fingerprint density at radius 3 is 2.19 bits per heavy atom. The number of alkyl halides is 1. The molecule has 0 fully saturated rings. The van der Waals surface area contributed by atoms with Gasteiger partial charge >= 0.3 is 0 Å². The van der Waals surface area contributed by atoms with Crippen LogP contribution in [0.1, 0.15) is 39.5 Å². The Kier molecular flexibility index (Phi) is 9.03. The van der Waals surface area contributed by atoms with Crippen molar-refractivity contribution in [1.29, 1.82) is 0 Å². The Labute approximate surface area is 105 Å². The average molecular weight is 239 g/mol. The van der Waals surface area contributed by atoms with E-state index in [1.807, 2.05) is 6.08 Å². The number of allylic oxidation sites excluding steroid dienone is 6. The summed E-state index contributed by atoms with van der Waals surface area (Å²) in [4.78, 5) is 0. The molecule has 0 aliphatic heterocycles. The molecule has 0 aliphatic rings. The third-order valence-corrected chi connectivity index (χ3v) is 2.91. The van der Waals surface area contributed by atoms with Crippen LogP contribution in [-0.2, 0) is 0 Å². The number of hydrogen-bond donors (Lipinski definition) is 0. The molecule has 0 bridgehead atoms. The second-order valence-electron chi connectivity index (χ2n) is 4.17.